The Hall–Kier alpha value is -0.0800. The van der Waals surface area contributed by atoms with Crippen LogP contribution in [0.15, 0.2) is 0 Å². The predicted octanol–water partition coefficient (Wildman–Crippen LogP) is 3.67. The Labute approximate surface area is 120 Å². The van der Waals surface area contributed by atoms with Gasteiger partial charge in [-0.3, -0.25) is 0 Å². The number of rotatable bonds is 5. The summed E-state index contributed by atoms with van der Waals surface area (Å²) in [6, 6.07) is 1.58. The van der Waals surface area contributed by atoms with Crippen LogP contribution in [0.25, 0.3) is 0 Å². The van der Waals surface area contributed by atoms with Crippen LogP contribution < -0.4 is 5.32 Å². The third-order valence-corrected chi connectivity index (χ3v) is 5.62. The van der Waals surface area contributed by atoms with Crippen molar-refractivity contribution in [1.82, 2.24) is 10.2 Å². The van der Waals surface area contributed by atoms with Gasteiger partial charge in [0, 0.05) is 18.6 Å². The fraction of sp³-hybridized carbons (Fsp3) is 1.00. The Balaban J connectivity index is 1.95. The van der Waals surface area contributed by atoms with E-state index < -0.39 is 0 Å². The lowest BCUT2D eigenvalue weighted by Gasteiger charge is -2.39. The highest BCUT2D eigenvalue weighted by Crippen LogP contribution is 2.42. The van der Waals surface area contributed by atoms with Gasteiger partial charge in [0.2, 0.25) is 0 Å². The summed E-state index contributed by atoms with van der Waals surface area (Å²) >= 11 is 0. The van der Waals surface area contributed by atoms with Crippen LogP contribution in [0.4, 0.5) is 0 Å². The van der Waals surface area contributed by atoms with Crippen molar-refractivity contribution >= 4 is 0 Å². The van der Waals surface area contributed by atoms with Crippen molar-refractivity contribution in [3.63, 3.8) is 0 Å². The SMILES string of the molecule is CCCC1CCCCN1CC1CCC(C)(C)C1NC. The number of piperidine rings is 1. The Bertz CT molecular complexity index is 272. The highest BCUT2D eigenvalue weighted by molar-refractivity contribution is 4.97. The van der Waals surface area contributed by atoms with Crippen LogP contribution in [0.5, 0.6) is 0 Å². The van der Waals surface area contributed by atoms with E-state index in [-0.39, 0.29) is 0 Å². The molecule has 0 aromatic heterocycles. The molecule has 2 nitrogen and oxygen atoms in total. The molecule has 2 heteroatoms. The van der Waals surface area contributed by atoms with E-state index in [1.165, 1.54) is 58.0 Å². The molecule has 0 spiro atoms. The van der Waals surface area contributed by atoms with E-state index in [0.717, 1.165) is 12.0 Å². The standard InChI is InChI=1S/C17H34N2/c1-5-8-15-9-6-7-12-19(15)13-14-10-11-17(2,3)16(14)18-4/h14-16,18H,5-13H2,1-4H3. The molecule has 3 unspecified atom stereocenters. The van der Waals surface area contributed by atoms with Gasteiger partial charge in [-0.1, -0.05) is 33.6 Å². The van der Waals surface area contributed by atoms with E-state index in [9.17, 15) is 0 Å². The number of hydrogen-bond donors (Lipinski definition) is 1. The molecular weight excluding hydrogens is 232 g/mol. The summed E-state index contributed by atoms with van der Waals surface area (Å²) in [6.45, 7) is 9.89. The molecule has 1 saturated carbocycles. The summed E-state index contributed by atoms with van der Waals surface area (Å²) in [5.74, 6) is 0.859. The average Bonchev–Trinajstić information content (AvgIpc) is 2.67. The maximum atomic E-state index is 3.61. The summed E-state index contributed by atoms with van der Waals surface area (Å²) in [5.41, 5.74) is 0.482. The number of nitrogens with one attached hydrogen (secondary N) is 1. The van der Waals surface area contributed by atoms with Gasteiger partial charge in [0.15, 0.2) is 0 Å². The Morgan fingerprint density at radius 3 is 2.68 bits per heavy atom. The minimum absolute atomic E-state index is 0.482. The Kier molecular flexibility index (Phi) is 5.30. The smallest absolute Gasteiger partial charge is 0.0156 e. The average molecular weight is 266 g/mol. The van der Waals surface area contributed by atoms with Gasteiger partial charge >= 0.3 is 0 Å². The summed E-state index contributed by atoms with van der Waals surface area (Å²) in [7, 11) is 2.16. The highest BCUT2D eigenvalue weighted by Gasteiger charge is 2.42. The maximum Gasteiger partial charge on any atom is 0.0156 e. The molecule has 0 aromatic rings. The van der Waals surface area contributed by atoms with Gasteiger partial charge in [-0.15, -0.1) is 0 Å². The third-order valence-electron chi connectivity index (χ3n) is 5.62. The molecule has 0 aromatic carbocycles. The number of hydrogen-bond acceptors (Lipinski definition) is 2. The van der Waals surface area contributed by atoms with Gasteiger partial charge in [0.05, 0.1) is 0 Å². The topological polar surface area (TPSA) is 15.3 Å². The first-order chi connectivity index (χ1) is 9.08. The maximum absolute atomic E-state index is 3.61. The lowest BCUT2D eigenvalue weighted by Crippen LogP contribution is -2.48. The molecule has 2 aliphatic rings. The molecule has 1 aliphatic carbocycles. The number of likely N-dealkylation sites (tertiary alicyclic amines) is 1. The normalized spacial score (nSPS) is 35.7. The second-order valence-electron chi connectivity index (χ2n) is 7.49. The number of nitrogens with zero attached hydrogens (tertiary/aromatic N) is 1. The highest BCUT2D eigenvalue weighted by atomic mass is 15.2. The first-order valence-electron chi connectivity index (χ1n) is 8.49. The zero-order valence-corrected chi connectivity index (χ0v) is 13.5. The van der Waals surface area contributed by atoms with Crippen LogP contribution in [0.1, 0.15) is 65.7 Å². The van der Waals surface area contributed by atoms with E-state index in [1.54, 1.807) is 0 Å². The van der Waals surface area contributed by atoms with E-state index >= 15 is 0 Å². The van der Waals surface area contributed by atoms with Crippen molar-refractivity contribution in [3.05, 3.63) is 0 Å². The van der Waals surface area contributed by atoms with Crippen molar-refractivity contribution in [1.29, 1.82) is 0 Å². The van der Waals surface area contributed by atoms with Gasteiger partial charge in [-0.25, -0.2) is 0 Å². The molecule has 3 atom stereocenters. The molecule has 1 saturated heterocycles. The molecule has 0 radical (unpaired) electrons. The first kappa shape index (κ1) is 15.3. The van der Waals surface area contributed by atoms with Gasteiger partial charge < -0.3 is 10.2 Å². The molecule has 2 rings (SSSR count). The summed E-state index contributed by atoms with van der Waals surface area (Å²) in [4.78, 5) is 2.82. The van der Waals surface area contributed by atoms with Crippen molar-refractivity contribution in [3.8, 4) is 0 Å². The lowest BCUT2D eigenvalue weighted by atomic mass is 9.84. The van der Waals surface area contributed by atoms with Crippen LogP contribution in [-0.4, -0.2) is 37.1 Å². The largest absolute Gasteiger partial charge is 0.316 e. The molecular formula is C17H34N2. The van der Waals surface area contributed by atoms with Crippen LogP contribution in [0, 0.1) is 11.3 Å². The fourth-order valence-electron chi connectivity index (χ4n) is 4.60. The molecule has 1 heterocycles. The van der Waals surface area contributed by atoms with Crippen LogP contribution in [0.3, 0.4) is 0 Å². The third kappa shape index (κ3) is 3.52. The van der Waals surface area contributed by atoms with E-state index in [1.807, 2.05) is 0 Å². The van der Waals surface area contributed by atoms with Crippen LogP contribution in [0.2, 0.25) is 0 Å². The summed E-state index contributed by atoms with van der Waals surface area (Å²) < 4.78 is 0. The monoisotopic (exact) mass is 266 g/mol. The minimum atomic E-state index is 0.482. The van der Waals surface area contributed by atoms with Crippen molar-refractivity contribution in [2.75, 3.05) is 20.1 Å². The van der Waals surface area contributed by atoms with E-state index in [0.29, 0.717) is 11.5 Å². The molecule has 1 N–H and O–H groups in total. The Morgan fingerprint density at radius 2 is 2.00 bits per heavy atom. The van der Waals surface area contributed by atoms with E-state index in [4.69, 9.17) is 0 Å². The molecule has 0 amide bonds. The molecule has 1 aliphatic heterocycles. The van der Waals surface area contributed by atoms with Crippen LogP contribution >= 0.6 is 0 Å². The zero-order valence-electron chi connectivity index (χ0n) is 13.5. The molecule has 0 bridgehead atoms. The second-order valence-corrected chi connectivity index (χ2v) is 7.49. The fourth-order valence-corrected chi connectivity index (χ4v) is 4.60. The van der Waals surface area contributed by atoms with Gasteiger partial charge in [0.1, 0.15) is 0 Å². The molecule has 2 fully saturated rings. The molecule has 19 heavy (non-hydrogen) atoms. The predicted molar refractivity (Wildman–Crippen MR) is 83.5 cm³/mol. The first-order valence-corrected chi connectivity index (χ1v) is 8.49. The van der Waals surface area contributed by atoms with Crippen molar-refractivity contribution in [2.24, 2.45) is 11.3 Å². The van der Waals surface area contributed by atoms with Crippen molar-refractivity contribution < 1.29 is 0 Å². The summed E-state index contributed by atoms with van der Waals surface area (Å²) in [5, 5.41) is 3.61. The van der Waals surface area contributed by atoms with Gasteiger partial charge in [-0.2, -0.15) is 0 Å². The molecule has 112 valence electrons. The van der Waals surface area contributed by atoms with Gasteiger partial charge in [-0.05, 0) is 57.0 Å². The van der Waals surface area contributed by atoms with E-state index in [2.05, 4.69) is 38.0 Å². The Morgan fingerprint density at radius 1 is 1.21 bits per heavy atom. The lowest BCUT2D eigenvalue weighted by molar-refractivity contribution is 0.105. The zero-order chi connectivity index (χ0) is 13.9. The van der Waals surface area contributed by atoms with Crippen LogP contribution in [-0.2, 0) is 0 Å². The van der Waals surface area contributed by atoms with Crippen molar-refractivity contribution in [2.45, 2.75) is 77.8 Å². The minimum Gasteiger partial charge on any atom is -0.316 e. The quantitative estimate of drug-likeness (QED) is 0.817. The second kappa shape index (κ2) is 6.58. The van der Waals surface area contributed by atoms with Gasteiger partial charge in [0.25, 0.3) is 0 Å². The summed E-state index contributed by atoms with van der Waals surface area (Å²) in [6.07, 6.45) is 9.85.